The van der Waals surface area contributed by atoms with Crippen LogP contribution in [0.5, 0.6) is 0 Å². The smallest absolute Gasteiger partial charge is 0.254 e. The summed E-state index contributed by atoms with van der Waals surface area (Å²) in [6.07, 6.45) is 0. The molecule has 3 heteroatoms. The van der Waals surface area contributed by atoms with E-state index in [1.165, 1.54) is 0 Å². The molecule has 0 aliphatic rings. The highest BCUT2D eigenvalue weighted by atomic mass is 16.3. The highest BCUT2D eigenvalue weighted by Gasteiger charge is 2.26. The van der Waals surface area contributed by atoms with Crippen molar-refractivity contribution in [1.82, 2.24) is 4.90 Å². The van der Waals surface area contributed by atoms with Gasteiger partial charge in [0.15, 0.2) is 0 Å². The summed E-state index contributed by atoms with van der Waals surface area (Å²) < 4.78 is 0. The third kappa shape index (κ3) is 4.34. The zero-order valence-electron chi connectivity index (χ0n) is 13.5. The number of rotatable bonds is 4. The first kappa shape index (κ1) is 16.7. The highest BCUT2D eigenvalue weighted by Crippen LogP contribution is 2.26. The normalized spacial score (nSPS) is 12.3. The molecule has 0 saturated heterocycles. The SMILES string of the molecule is CCN(CC(C)(C)O)C(=O)c1ccccc1C(C)(C)C. The summed E-state index contributed by atoms with van der Waals surface area (Å²) in [7, 11) is 0. The maximum absolute atomic E-state index is 12.7. The van der Waals surface area contributed by atoms with Crippen LogP contribution in [-0.4, -0.2) is 34.6 Å². The molecular weight excluding hydrogens is 250 g/mol. The Kier molecular flexibility index (Phi) is 4.98. The van der Waals surface area contributed by atoms with E-state index in [-0.39, 0.29) is 11.3 Å². The van der Waals surface area contributed by atoms with Crippen molar-refractivity contribution in [2.24, 2.45) is 0 Å². The molecule has 3 nitrogen and oxygen atoms in total. The quantitative estimate of drug-likeness (QED) is 0.918. The Morgan fingerprint density at radius 1 is 1.15 bits per heavy atom. The van der Waals surface area contributed by atoms with E-state index in [9.17, 15) is 9.90 Å². The molecule has 0 aliphatic heterocycles. The summed E-state index contributed by atoms with van der Waals surface area (Å²) in [4.78, 5) is 14.4. The van der Waals surface area contributed by atoms with Crippen molar-refractivity contribution >= 4 is 5.91 Å². The van der Waals surface area contributed by atoms with Gasteiger partial charge in [-0.1, -0.05) is 39.0 Å². The topological polar surface area (TPSA) is 40.5 Å². The first-order valence-electron chi connectivity index (χ1n) is 7.17. The lowest BCUT2D eigenvalue weighted by Crippen LogP contribution is -2.42. The predicted octanol–water partition coefficient (Wildman–Crippen LogP) is 3.22. The molecule has 0 aromatic heterocycles. The molecule has 20 heavy (non-hydrogen) atoms. The van der Waals surface area contributed by atoms with Crippen molar-refractivity contribution in [3.63, 3.8) is 0 Å². The minimum absolute atomic E-state index is 0.0137. The largest absolute Gasteiger partial charge is 0.389 e. The number of carbonyl (C=O) groups excluding carboxylic acids is 1. The molecule has 112 valence electrons. The van der Waals surface area contributed by atoms with Gasteiger partial charge in [0, 0.05) is 18.7 Å². The molecule has 0 aliphatic carbocycles. The van der Waals surface area contributed by atoms with Gasteiger partial charge in [-0.2, -0.15) is 0 Å². The van der Waals surface area contributed by atoms with E-state index >= 15 is 0 Å². The Morgan fingerprint density at radius 3 is 2.15 bits per heavy atom. The van der Waals surface area contributed by atoms with Crippen LogP contribution in [0.25, 0.3) is 0 Å². The zero-order chi connectivity index (χ0) is 15.6. The summed E-state index contributed by atoms with van der Waals surface area (Å²) in [6, 6.07) is 7.73. The minimum Gasteiger partial charge on any atom is -0.389 e. The average Bonchev–Trinajstić information content (AvgIpc) is 2.33. The number of carbonyl (C=O) groups is 1. The highest BCUT2D eigenvalue weighted by molar-refractivity contribution is 5.96. The standard InChI is InChI=1S/C17H27NO2/c1-7-18(12-17(5,6)20)15(19)13-10-8-9-11-14(13)16(2,3)4/h8-11,20H,7,12H2,1-6H3. The Bertz CT molecular complexity index is 467. The molecule has 0 heterocycles. The zero-order valence-corrected chi connectivity index (χ0v) is 13.5. The van der Waals surface area contributed by atoms with Crippen LogP contribution < -0.4 is 0 Å². The third-order valence-corrected chi connectivity index (χ3v) is 3.21. The van der Waals surface area contributed by atoms with Crippen LogP contribution in [0.4, 0.5) is 0 Å². The summed E-state index contributed by atoms with van der Waals surface area (Å²) in [5.74, 6) is -0.0137. The molecule has 0 atom stereocenters. The van der Waals surface area contributed by atoms with E-state index in [0.29, 0.717) is 13.1 Å². The number of aliphatic hydroxyl groups is 1. The van der Waals surface area contributed by atoms with Gasteiger partial charge in [-0.05, 0) is 37.8 Å². The van der Waals surface area contributed by atoms with E-state index < -0.39 is 5.60 Å². The maximum atomic E-state index is 12.7. The van der Waals surface area contributed by atoms with Gasteiger partial charge < -0.3 is 10.0 Å². The van der Waals surface area contributed by atoms with Crippen LogP contribution in [0.2, 0.25) is 0 Å². The number of benzene rings is 1. The Balaban J connectivity index is 3.14. The van der Waals surface area contributed by atoms with Gasteiger partial charge in [-0.3, -0.25) is 4.79 Å². The van der Waals surface area contributed by atoms with Crippen molar-refractivity contribution in [3.05, 3.63) is 35.4 Å². The number of amides is 1. The molecule has 1 amide bonds. The van der Waals surface area contributed by atoms with E-state index in [1.807, 2.05) is 31.2 Å². The molecular formula is C17H27NO2. The van der Waals surface area contributed by atoms with Crippen molar-refractivity contribution in [1.29, 1.82) is 0 Å². The van der Waals surface area contributed by atoms with E-state index in [1.54, 1.807) is 18.7 Å². The summed E-state index contributed by atoms with van der Waals surface area (Å²) in [5.41, 5.74) is 0.799. The Morgan fingerprint density at radius 2 is 1.70 bits per heavy atom. The van der Waals surface area contributed by atoms with Gasteiger partial charge in [-0.15, -0.1) is 0 Å². The van der Waals surface area contributed by atoms with Gasteiger partial charge in [0.2, 0.25) is 0 Å². The molecule has 0 unspecified atom stereocenters. The summed E-state index contributed by atoms with van der Waals surface area (Å²) in [5, 5.41) is 9.95. The Hall–Kier alpha value is -1.35. The molecule has 1 N–H and O–H groups in total. The monoisotopic (exact) mass is 277 g/mol. The van der Waals surface area contributed by atoms with Crippen molar-refractivity contribution in [3.8, 4) is 0 Å². The second-order valence-corrected chi connectivity index (χ2v) is 6.93. The van der Waals surface area contributed by atoms with Crippen LogP contribution in [-0.2, 0) is 5.41 Å². The van der Waals surface area contributed by atoms with Gasteiger partial charge in [0.05, 0.1) is 5.60 Å². The summed E-state index contributed by atoms with van der Waals surface area (Å²) >= 11 is 0. The third-order valence-electron chi connectivity index (χ3n) is 3.21. The first-order valence-corrected chi connectivity index (χ1v) is 7.17. The van der Waals surface area contributed by atoms with Gasteiger partial charge >= 0.3 is 0 Å². The second-order valence-electron chi connectivity index (χ2n) is 6.93. The van der Waals surface area contributed by atoms with E-state index in [4.69, 9.17) is 0 Å². The number of hydrogen-bond donors (Lipinski definition) is 1. The molecule has 1 aromatic rings. The number of nitrogens with zero attached hydrogens (tertiary/aromatic N) is 1. The van der Waals surface area contributed by atoms with Gasteiger partial charge in [0.1, 0.15) is 0 Å². The lowest BCUT2D eigenvalue weighted by Gasteiger charge is -2.30. The van der Waals surface area contributed by atoms with E-state index in [2.05, 4.69) is 20.8 Å². The second kappa shape index (κ2) is 5.96. The van der Waals surface area contributed by atoms with Crippen LogP contribution in [0.3, 0.4) is 0 Å². The molecule has 0 saturated carbocycles. The van der Waals surface area contributed by atoms with Gasteiger partial charge in [-0.25, -0.2) is 0 Å². The van der Waals surface area contributed by atoms with Crippen LogP contribution in [0, 0.1) is 0 Å². The maximum Gasteiger partial charge on any atom is 0.254 e. The first-order chi connectivity index (χ1) is 9.06. The lowest BCUT2D eigenvalue weighted by atomic mass is 9.83. The van der Waals surface area contributed by atoms with Crippen molar-refractivity contribution < 1.29 is 9.90 Å². The predicted molar refractivity (Wildman–Crippen MR) is 83.0 cm³/mol. The van der Waals surface area contributed by atoms with Gasteiger partial charge in [0.25, 0.3) is 5.91 Å². The van der Waals surface area contributed by atoms with Crippen molar-refractivity contribution in [2.45, 2.75) is 52.6 Å². The van der Waals surface area contributed by atoms with Crippen molar-refractivity contribution in [2.75, 3.05) is 13.1 Å². The van der Waals surface area contributed by atoms with Crippen LogP contribution in [0.1, 0.15) is 57.5 Å². The number of hydrogen-bond acceptors (Lipinski definition) is 2. The fourth-order valence-electron chi connectivity index (χ4n) is 2.29. The minimum atomic E-state index is -0.887. The average molecular weight is 277 g/mol. The fourth-order valence-corrected chi connectivity index (χ4v) is 2.29. The lowest BCUT2D eigenvalue weighted by molar-refractivity contribution is 0.0313. The molecule has 0 fully saturated rings. The molecule has 1 rings (SSSR count). The fraction of sp³-hybridized carbons (Fsp3) is 0.588. The summed E-state index contributed by atoms with van der Waals surface area (Å²) in [6.45, 7) is 12.6. The molecule has 1 aromatic carbocycles. The molecule has 0 spiro atoms. The number of likely N-dealkylation sites (N-methyl/N-ethyl adjacent to an activating group) is 1. The molecule has 0 radical (unpaired) electrons. The van der Waals surface area contributed by atoms with Crippen LogP contribution >= 0.6 is 0 Å². The molecule has 0 bridgehead atoms. The Labute approximate surface area is 122 Å². The van der Waals surface area contributed by atoms with Crippen LogP contribution in [0.15, 0.2) is 24.3 Å². The van der Waals surface area contributed by atoms with E-state index in [0.717, 1.165) is 11.1 Å².